The van der Waals surface area contributed by atoms with Gasteiger partial charge in [0.15, 0.2) is 0 Å². The average molecular weight is 362 g/mol. The van der Waals surface area contributed by atoms with E-state index in [4.69, 9.17) is 16.6 Å². The highest BCUT2D eigenvalue weighted by molar-refractivity contribution is 9.10. The molecular formula is C14H18BrClN2S. The third kappa shape index (κ3) is 3.47. The standard InChI is InChI=1S/C14H18BrClN2S/c1-3-19-9-10(2)18-13-5-4-11(15)8-12(13)17-14(18)6-7-16/h4-5,8,10H,3,6-7,9H2,1-2H3. The maximum absolute atomic E-state index is 5.91. The summed E-state index contributed by atoms with van der Waals surface area (Å²) in [6.45, 7) is 4.45. The molecule has 0 amide bonds. The van der Waals surface area contributed by atoms with E-state index in [0.29, 0.717) is 11.9 Å². The first kappa shape index (κ1) is 15.2. The van der Waals surface area contributed by atoms with E-state index in [1.54, 1.807) is 0 Å². The molecule has 0 radical (unpaired) electrons. The lowest BCUT2D eigenvalue weighted by Crippen LogP contribution is -2.12. The van der Waals surface area contributed by atoms with Gasteiger partial charge in [-0.1, -0.05) is 22.9 Å². The number of hydrogen-bond acceptors (Lipinski definition) is 2. The van der Waals surface area contributed by atoms with Crippen molar-refractivity contribution in [2.45, 2.75) is 26.3 Å². The second kappa shape index (κ2) is 7.00. The Morgan fingerprint density at radius 3 is 2.95 bits per heavy atom. The smallest absolute Gasteiger partial charge is 0.111 e. The zero-order chi connectivity index (χ0) is 13.8. The molecule has 0 fully saturated rings. The SMILES string of the molecule is CCSCC(C)n1c(CCCl)nc2cc(Br)ccc21. The summed E-state index contributed by atoms with van der Waals surface area (Å²) in [5.41, 5.74) is 2.25. The minimum Gasteiger partial charge on any atom is -0.324 e. The van der Waals surface area contributed by atoms with Crippen molar-refractivity contribution >= 4 is 50.3 Å². The fraction of sp³-hybridized carbons (Fsp3) is 0.500. The highest BCUT2D eigenvalue weighted by atomic mass is 79.9. The van der Waals surface area contributed by atoms with Crippen LogP contribution in [0.4, 0.5) is 0 Å². The van der Waals surface area contributed by atoms with Crippen molar-refractivity contribution in [2.24, 2.45) is 0 Å². The van der Waals surface area contributed by atoms with Gasteiger partial charge >= 0.3 is 0 Å². The zero-order valence-corrected chi connectivity index (χ0v) is 14.4. The van der Waals surface area contributed by atoms with E-state index < -0.39 is 0 Å². The van der Waals surface area contributed by atoms with Crippen LogP contribution >= 0.6 is 39.3 Å². The molecule has 19 heavy (non-hydrogen) atoms. The van der Waals surface area contributed by atoms with Crippen LogP contribution in [-0.2, 0) is 6.42 Å². The van der Waals surface area contributed by atoms with E-state index in [0.717, 1.165) is 33.7 Å². The fourth-order valence-electron chi connectivity index (χ4n) is 2.24. The second-order valence-electron chi connectivity index (χ2n) is 4.48. The molecule has 1 aromatic carbocycles. The van der Waals surface area contributed by atoms with Crippen molar-refractivity contribution < 1.29 is 0 Å². The van der Waals surface area contributed by atoms with E-state index in [-0.39, 0.29) is 0 Å². The van der Waals surface area contributed by atoms with E-state index in [1.807, 2.05) is 11.8 Å². The number of nitrogens with zero attached hydrogens (tertiary/aromatic N) is 2. The van der Waals surface area contributed by atoms with Gasteiger partial charge in [0.05, 0.1) is 11.0 Å². The molecule has 2 rings (SSSR count). The molecule has 1 atom stereocenters. The predicted molar refractivity (Wildman–Crippen MR) is 89.6 cm³/mol. The normalized spacial score (nSPS) is 13.1. The first-order chi connectivity index (χ1) is 9.17. The molecule has 2 aromatic rings. The number of fused-ring (bicyclic) bond motifs is 1. The van der Waals surface area contributed by atoms with Gasteiger partial charge in [-0.3, -0.25) is 0 Å². The number of imidazole rings is 1. The highest BCUT2D eigenvalue weighted by Crippen LogP contribution is 2.26. The maximum Gasteiger partial charge on any atom is 0.111 e. The van der Waals surface area contributed by atoms with E-state index in [9.17, 15) is 0 Å². The Morgan fingerprint density at radius 2 is 2.26 bits per heavy atom. The molecule has 0 bridgehead atoms. The highest BCUT2D eigenvalue weighted by Gasteiger charge is 2.15. The summed E-state index contributed by atoms with van der Waals surface area (Å²) in [7, 11) is 0. The summed E-state index contributed by atoms with van der Waals surface area (Å²) in [6.07, 6.45) is 0.814. The summed E-state index contributed by atoms with van der Waals surface area (Å²) in [6, 6.07) is 6.72. The van der Waals surface area contributed by atoms with E-state index in [1.165, 1.54) is 5.52 Å². The third-order valence-corrected chi connectivity index (χ3v) is 4.86. The zero-order valence-electron chi connectivity index (χ0n) is 11.2. The van der Waals surface area contributed by atoms with Crippen LogP contribution in [0.5, 0.6) is 0 Å². The topological polar surface area (TPSA) is 17.8 Å². The fourth-order valence-corrected chi connectivity index (χ4v) is 3.48. The summed E-state index contributed by atoms with van der Waals surface area (Å²) in [5, 5.41) is 0. The molecule has 0 saturated heterocycles. The van der Waals surface area contributed by atoms with Crippen LogP contribution < -0.4 is 0 Å². The molecule has 0 aliphatic carbocycles. The number of aromatic nitrogens is 2. The first-order valence-corrected chi connectivity index (χ1v) is 8.95. The van der Waals surface area contributed by atoms with Gasteiger partial charge in [-0.2, -0.15) is 11.8 Å². The Hall–Kier alpha value is -0.190. The number of alkyl halides is 1. The summed E-state index contributed by atoms with van der Waals surface area (Å²) >= 11 is 11.4. The van der Waals surface area contributed by atoms with Crippen LogP contribution in [0.1, 0.15) is 25.7 Å². The van der Waals surface area contributed by atoms with Gasteiger partial charge in [-0.05, 0) is 30.9 Å². The lowest BCUT2D eigenvalue weighted by atomic mass is 10.3. The number of halogens is 2. The Bertz CT molecular complexity index is 556. The molecule has 104 valence electrons. The van der Waals surface area contributed by atoms with Gasteiger partial charge in [-0.15, -0.1) is 11.6 Å². The molecule has 0 aliphatic heterocycles. The molecule has 2 nitrogen and oxygen atoms in total. The molecule has 1 aromatic heterocycles. The van der Waals surface area contributed by atoms with Crippen molar-refractivity contribution in [3.05, 3.63) is 28.5 Å². The lowest BCUT2D eigenvalue weighted by molar-refractivity contribution is 0.597. The largest absolute Gasteiger partial charge is 0.324 e. The number of thioether (sulfide) groups is 1. The summed E-state index contributed by atoms with van der Waals surface area (Å²) in [5.74, 6) is 3.95. The molecule has 5 heteroatoms. The minimum atomic E-state index is 0.439. The van der Waals surface area contributed by atoms with Crippen molar-refractivity contribution in [3.8, 4) is 0 Å². The number of benzene rings is 1. The summed E-state index contributed by atoms with van der Waals surface area (Å²) in [4.78, 5) is 4.73. The molecule has 0 aliphatic rings. The van der Waals surface area contributed by atoms with Crippen LogP contribution in [0.2, 0.25) is 0 Å². The van der Waals surface area contributed by atoms with Crippen LogP contribution in [0.3, 0.4) is 0 Å². The van der Waals surface area contributed by atoms with Gasteiger partial charge in [0, 0.05) is 28.6 Å². The summed E-state index contributed by atoms with van der Waals surface area (Å²) < 4.78 is 3.41. The Kier molecular flexibility index (Phi) is 5.60. The van der Waals surface area contributed by atoms with Crippen LogP contribution in [0, 0.1) is 0 Å². The lowest BCUT2D eigenvalue weighted by Gasteiger charge is -2.17. The molecule has 0 spiro atoms. The maximum atomic E-state index is 5.91. The molecular weight excluding hydrogens is 344 g/mol. The molecule has 0 saturated carbocycles. The molecule has 0 N–H and O–H groups in total. The number of aryl methyl sites for hydroxylation is 1. The van der Waals surface area contributed by atoms with Crippen molar-refractivity contribution in [2.75, 3.05) is 17.4 Å². The quantitative estimate of drug-likeness (QED) is 0.681. The van der Waals surface area contributed by atoms with Crippen molar-refractivity contribution in [1.82, 2.24) is 9.55 Å². The first-order valence-electron chi connectivity index (χ1n) is 6.47. The van der Waals surface area contributed by atoms with Crippen LogP contribution in [-0.4, -0.2) is 26.9 Å². The van der Waals surface area contributed by atoms with Crippen LogP contribution in [0.15, 0.2) is 22.7 Å². The number of rotatable bonds is 6. The molecule has 1 unspecified atom stereocenters. The van der Waals surface area contributed by atoms with Crippen molar-refractivity contribution in [3.63, 3.8) is 0 Å². The predicted octanol–water partition coefficient (Wildman–Crippen LogP) is 4.89. The Morgan fingerprint density at radius 1 is 1.47 bits per heavy atom. The Balaban J connectivity index is 2.45. The van der Waals surface area contributed by atoms with E-state index in [2.05, 4.69) is 52.5 Å². The number of hydrogen-bond donors (Lipinski definition) is 0. The molecule has 1 heterocycles. The minimum absolute atomic E-state index is 0.439. The monoisotopic (exact) mass is 360 g/mol. The van der Waals surface area contributed by atoms with Gasteiger partial charge in [0.1, 0.15) is 5.82 Å². The third-order valence-electron chi connectivity index (χ3n) is 3.05. The second-order valence-corrected chi connectivity index (χ2v) is 7.09. The average Bonchev–Trinajstić information content (AvgIpc) is 2.73. The van der Waals surface area contributed by atoms with Crippen molar-refractivity contribution in [1.29, 1.82) is 0 Å². The van der Waals surface area contributed by atoms with Gasteiger partial charge in [-0.25, -0.2) is 4.98 Å². The van der Waals surface area contributed by atoms with Gasteiger partial charge < -0.3 is 4.57 Å². The van der Waals surface area contributed by atoms with E-state index >= 15 is 0 Å². The van der Waals surface area contributed by atoms with Gasteiger partial charge in [0.25, 0.3) is 0 Å². The van der Waals surface area contributed by atoms with Crippen LogP contribution in [0.25, 0.3) is 11.0 Å². The Labute approximate surface area is 132 Å². The van der Waals surface area contributed by atoms with Gasteiger partial charge in [0.2, 0.25) is 0 Å².